The smallest absolute Gasteiger partial charge is 0.326 e. The molecular weight excluding hydrogens is 258 g/mol. The van der Waals surface area contributed by atoms with Crippen molar-refractivity contribution in [2.45, 2.75) is 63.1 Å². The molecule has 0 heterocycles. The molecular formula is C15H27NO4. The number of esters is 1. The van der Waals surface area contributed by atoms with Gasteiger partial charge in [0.2, 0.25) is 0 Å². The van der Waals surface area contributed by atoms with Gasteiger partial charge in [0.25, 0.3) is 0 Å². The van der Waals surface area contributed by atoms with Gasteiger partial charge < -0.3 is 14.2 Å². The van der Waals surface area contributed by atoms with Crippen molar-refractivity contribution >= 4 is 5.97 Å². The second kappa shape index (κ2) is 7.38. The van der Waals surface area contributed by atoms with E-state index in [4.69, 9.17) is 14.2 Å². The molecule has 0 aromatic rings. The minimum Gasteiger partial charge on any atom is -0.465 e. The Labute approximate surface area is 121 Å². The SMILES string of the molecule is CCOC(=O)C1(NC2CC2)CCC(OCCCOC)C1. The molecule has 0 aromatic heterocycles. The van der Waals surface area contributed by atoms with Crippen LogP contribution in [0.4, 0.5) is 0 Å². The van der Waals surface area contributed by atoms with Crippen LogP contribution in [0.3, 0.4) is 0 Å². The first-order chi connectivity index (χ1) is 9.70. The Morgan fingerprint density at radius 3 is 2.75 bits per heavy atom. The molecule has 0 saturated heterocycles. The summed E-state index contributed by atoms with van der Waals surface area (Å²) in [5.74, 6) is -0.102. The second-order valence-electron chi connectivity index (χ2n) is 5.80. The van der Waals surface area contributed by atoms with Crippen LogP contribution in [0.2, 0.25) is 0 Å². The van der Waals surface area contributed by atoms with E-state index in [9.17, 15) is 4.79 Å². The molecule has 2 aliphatic carbocycles. The van der Waals surface area contributed by atoms with Gasteiger partial charge in [0.05, 0.1) is 12.7 Å². The predicted octanol–water partition coefficient (Wildman–Crippen LogP) is 1.65. The fourth-order valence-corrected chi connectivity index (χ4v) is 2.86. The highest BCUT2D eigenvalue weighted by Gasteiger charge is 2.49. The molecule has 20 heavy (non-hydrogen) atoms. The van der Waals surface area contributed by atoms with Crippen LogP contribution < -0.4 is 5.32 Å². The lowest BCUT2D eigenvalue weighted by Crippen LogP contribution is -2.52. The lowest BCUT2D eigenvalue weighted by molar-refractivity contribution is -0.151. The van der Waals surface area contributed by atoms with Gasteiger partial charge >= 0.3 is 5.97 Å². The number of carbonyl (C=O) groups excluding carboxylic acids is 1. The average Bonchev–Trinajstić information content (AvgIpc) is 3.14. The van der Waals surface area contributed by atoms with Gasteiger partial charge in [-0.15, -0.1) is 0 Å². The first-order valence-corrected chi connectivity index (χ1v) is 7.75. The Kier molecular flexibility index (Phi) is 5.81. The van der Waals surface area contributed by atoms with Crippen LogP contribution in [0.25, 0.3) is 0 Å². The van der Waals surface area contributed by atoms with Gasteiger partial charge in [-0.2, -0.15) is 0 Å². The molecule has 2 saturated carbocycles. The molecule has 5 nitrogen and oxygen atoms in total. The Morgan fingerprint density at radius 2 is 2.10 bits per heavy atom. The average molecular weight is 285 g/mol. The summed E-state index contributed by atoms with van der Waals surface area (Å²) in [7, 11) is 1.70. The molecule has 116 valence electrons. The highest BCUT2D eigenvalue weighted by molar-refractivity contribution is 5.81. The van der Waals surface area contributed by atoms with E-state index < -0.39 is 5.54 Å². The molecule has 2 fully saturated rings. The summed E-state index contributed by atoms with van der Waals surface area (Å²) in [6, 6.07) is 0.492. The third kappa shape index (κ3) is 4.17. The highest BCUT2D eigenvalue weighted by atomic mass is 16.5. The molecule has 0 aliphatic heterocycles. The molecule has 0 spiro atoms. The molecule has 0 radical (unpaired) electrons. The third-order valence-electron chi connectivity index (χ3n) is 4.04. The predicted molar refractivity (Wildman–Crippen MR) is 75.6 cm³/mol. The van der Waals surface area contributed by atoms with E-state index in [1.165, 1.54) is 12.8 Å². The molecule has 2 aliphatic rings. The quantitative estimate of drug-likeness (QED) is 0.515. The molecule has 2 atom stereocenters. The second-order valence-corrected chi connectivity index (χ2v) is 5.80. The number of hydrogen-bond acceptors (Lipinski definition) is 5. The molecule has 2 unspecified atom stereocenters. The van der Waals surface area contributed by atoms with E-state index in [2.05, 4.69) is 5.32 Å². The van der Waals surface area contributed by atoms with Gasteiger partial charge in [-0.25, -0.2) is 0 Å². The Hall–Kier alpha value is -0.650. The summed E-state index contributed by atoms with van der Waals surface area (Å²) < 4.78 is 16.1. The molecule has 0 aromatic carbocycles. The van der Waals surface area contributed by atoms with E-state index in [0.717, 1.165) is 32.3 Å². The number of nitrogens with one attached hydrogen (secondary N) is 1. The lowest BCUT2D eigenvalue weighted by Gasteiger charge is -2.28. The summed E-state index contributed by atoms with van der Waals surface area (Å²) >= 11 is 0. The fourth-order valence-electron chi connectivity index (χ4n) is 2.86. The molecule has 1 N–H and O–H groups in total. The van der Waals surface area contributed by atoms with Gasteiger partial charge in [-0.05, 0) is 39.0 Å². The van der Waals surface area contributed by atoms with E-state index in [1.807, 2.05) is 6.92 Å². The van der Waals surface area contributed by atoms with Crippen molar-refractivity contribution in [3.63, 3.8) is 0 Å². The maximum Gasteiger partial charge on any atom is 0.326 e. The summed E-state index contributed by atoms with van der Waals surface area (Å²) in [6.45, 7) is 3.71. The number of ether oxygens (including phenoxy) is 3. The Balaban J connectivity index is 1.84. The summed E-state index contributed by atoms with van der Waals surface area (Å²) in [6.07, 6.45) is 5.86. The first kappa shape index (κ1) is 15.7. The zero-order valence-corrected chi connectivity index (χ0v) is 12.7. The summed E-state index contributed by atoms with van der Waals surface area (Å²) in [5, 5.41) is 3.50. The van der Waals surface area contributed by atoms with Crippen LogP contribution in [0, 0.1) is 0 Å². The number of carbonyl (C=O) groups is 1. The van der Waals surface area contributed by atoms with Gasteiger partial charge in [-0.3, -0.25) is 10.1 Å². The standard InChI is InChI=1S/C15H27NO4/c1-3-19-14(17)15(16-12-5-6-12)8-7-13(11-15)20-10-4-9-18-2/h12-13,16H,3-11H2,1-2H3. The van der Waals surface area contributed by atoms with Gasteiger partial charge in [0, 0.05) is 32.8 Å². The van der Waals surface area contributed by atoms with Crippen molar-refractivity contribution in [2.24, 2.45) is 0 Å². The van der Waals surface area contributed by atoms with Crippen LogP contribution in [-0.2, 0) is 19.0 Å². The largest absolute Gasteiger partial charge is 0.465 e. The van der Waals surface area contributed by atoms with Crippen LogP contribution in [0.1, 0.15) is 45.4 Å². The lowest BCUT2D eigenvalue weighted by atomic mass is 9.97. The highest BCUT2D eigenvalue weighted by Crippen LogP contribution is 2.36. The Bertz CT molecular complexity index is 319. The minimum absolute atomic E-state index is 0.102. The number of hydrogen-bond donors (Lipinski definition) is 1. The van der Waals surface area contributed by atoms with Crippen LogP contribution >= 0.6 is 0 Å². The van der Waals surface area contributed by atoms with Gasteiger partial charge in [-0.1, -0.05) is 0 Å². The van der Waals surface area contributed by atoms with Crippen molar-refractivity contribution in [3.05, 3.63) is 0 Å². The third-order valence-corrected chi connectivity index (χ3v) is 4.04. The van der Waals surface area contributed by atoms with Crippen molar-refractivity contribution < 1.29 is 19.0 Å². The van der Waals surface area contributed by atoms with Crippen molar-refractivity contribution in [1.29, 1.82) is 0 Å². The van der Waals surface area contributed by atoms with Crippen molar-refractivity contribution in [3.8, 4) is 0 Å². The van der Waals surface area contributed by atoms with Crippen molar-refractivity contribution in [2.75, 3.05) is 26.9 Å². The number of methoxy groups -OCH3 is 1. The van der Waals surface area contributed by atoms with Crippen LogP contribution in [-0.4, -0.2) is 50.6 Å². The van der Waals surface area contributed by atoms with E-state index in [1.54, 1.807) is 7.11 Å². The summed E-state index contributed by atoms with van der Waals surface area (Å²) in [4.78, 5) is 12.3. The van der Waals surface area contributed by atoms with Crippen LogP contribution in [0.5, 0.6) is 0 Å². The molecule has 5 heteroatoms. The van der Waals surface area contributed by atoms with Crippen LogP contribution in [0.15, 0.2) is 0 Å². The zero-order valence-electron chi connectivity index (χ0n) is 12.7. The van der Waals surface area contributed by atoms with Gasteiger partial charge in [0.1, 0.15) is 5.54 Å². The van der Waals surface area contributed by atoms with Gasteiger partial charge in [0.15, 0.2) is 0 Å². The molecule has 0 bridgehead atoms. The monoisotopic (exact) mass is 285 g/mol. The van der Waals surface area contributed by atoms with E-state index >= 15 is 0 Å². The maximum absolute atomic E-state index is 12.3. The fraction of sp³-hybridized carbons (Fsp3) is 0.933. The molecule has 2 rings (SSSR count). The first-order valence-electron chi connectivity index (χ1n) is 7.75. The Morgan fingerprint density at radius 1 is 1.30 bits per heavy atom. The summed E-state index contributed by atoms with van der Waals surface area (Å²) in [5.41, 5.74) is -0.511. The minimum atomic E-state index is -0.511. The normalized spacial score (nSPS) is 29.6. The van der Waals surface area contributed by atoms with E-state index in [0.29, 0.717) is 19.3 Å². The molecule has 0 amide bonds. The topological polar surface area (TPSA) is 56.8 Å². The van der Waals surface area contributed by atoms with Crippen molar-refractivity contribution in [1.82, 2.24) is 5.32 Å². The maximum atomic E-state index is 12.3. The van der Waals surface area contributed by atoms with E-state index in [-0.39, 0.29) is 12.1 Å². The zero-order chi connectivity index (χ0) is 14.4. The number of rotatable bonds is 9.